The third-order valence-corrected chi connectivity index (χ3v) is 5.71. The summed E-state index contributed by atoms with van der Waals surface area (Å²) in [6.45, 7) is 5.07. The Hall–Kier alpha value is -1.80. The van der Waals surface area contributed by atoms with E-state index in [0.29, 0.717) is 31.6 Å². The van der Waals surface area contributed by atoms with Crippen molar-refractivity contribution in [2.45, 2.75) is 44.7 Å². The number of piperidine rings is 1. The number of likely N-dealkylation sites (N-methyl/N-ethyl adjacent to an activating group) is 2. The average Bonchev–Trinajstić information content (AvgIpc) is 3.01. The second-order valence-electron chi connectivity index (χ2n) is 7.24. The summed E-state index contributed by atoms with van der Waals surface area (Å²) in [6.07, 6.45) is 4.80. The minimum Gasteiger partial charge on any atom is -0.381 e. The summed E-state index contributed by atoms with van der Waals surface area (Å²) in [7, 11) is 4.87. The maximum Gasteiger partial charge on any atom is 0.333 e. The zero-order valence-corrected chi connectivity index (χ0v) is 16.3. The van der Waals surface area contributed by atoms with Crippen LogP contribution in [0.2, 0.25) is 0 Å². The monoisotopic (exact) mass is 364 g/mol. The highest BCUT2D eigenvalue weighted by molar-refractivity contribution is 6.23. The largest absolute Gasteiger partial charge is 0.381 e. The molecule has 2 unspecified atom stereocenters. The molecule has 3 rings (SSSR count). The highest BCUT2D eigenvalue weighted by Crippen LogP contribution is 2.22. The molecule has 3 aliphatic rings. The van der Waals surface area contributed by atoms with Gasteiger partial charge in [-0.05, 0) is 30.8 Å². The lowest BCUT2D eigenvalue weighted by molar-refractivity contribution is -0.538. The number of carbonyl (C=O) groups is 2. The first-order valence-corrected chi connectivity index (χ1v) is 9.48. The zero-order chi connectivity index (χ0) is 18.8. The van der Waals surface area contributed by atoms with Gasteiger partial charge in [-0.1, -0.05) is 13.3 Å². The van der Waals surface area contributed by atoms with Crippen molar-refractivity contribution in [2.24, 2.45) is 4.99 Å². The summed E-state index contributed by atoms with van der Waals surface area (Å²) in [5.41, 5.74) is 0. The number of rotatable bonds is 6. The average molecular weight is 364 g/mol. The first kappa shape index (κ1) is 19.0. The van der Waals surface area contributed by atoms with E-state index in [1.807, 2.05) is 4.58 Å². The molecule has 0 radical (unpaired) electrons. The van der Waals surface area contributed by atoms with Gasteiger partial charge >= 0.3 is 11.9 Å². The molecule has 8 heteroatoms. The summed E-state index contributed by atoms with van der Waals surface area (Å²) in [4.78, 5) is 35.0. The van der Waals surface area contributed by atoms with Crippen LogP contribution in [-0.2, 0) is 9.53 Å². The summed E-state index contributed by atoms with van der Waals surface area (Å²) in [6, 6.07) is -0.304. The normalized spacial score (nSPS) is 27.3. The predicted molar refractivity (Wildman–Crippen MR) is 98.7 cm³/mol. The number of amides is 3. The van der Waals surface area contributed by atoms with E-state index < -0.39 is 6.04 Å². The molecule has 26 heavy (non-hydrogen) atoms. The van der Waals surface area contributed by atoms with Crippen molar-refractivity contribution in [1.29, 1.82) is 0 Å². The molecular weight excluding hydrogens is 334 g/mol. The fourth-order valence-corrected chi connectivity index (χ4v) is 4.13. The molecule has 0 bridgehead atoms. The SMILES string of the molecule is CCC1CCCCN1CC1=[N+](CCOC)C2C(=O)N(C)C(=O)N(C)C2=N1. The number of likely N-dealkylation sites (tertiary alicyclic amines) is 1. The summed E-state index contributed by atoms with van der Waals surface area (Å²) in [5.74, 6) is 1.18. The molecule has 0 aromatic heterocycles. The van der Waals surface area contributed by atoms with E-state index in [4.69, 9.17) is 9.73 Å². The summed E-state index contributed by atoms with van der Waals surface area (Å²) < 4.78 is 7.26. The number of nitrogens with zero attached hydrogens (tertiary/aromatic N) is 5. The van der Waals surface area contributed by atoms with Crippen LogP contribution in [-0.4, -0.2) is 102 Å². The first-order valence-electron chi connectivity index (χ1n) is 9.48. The molecule has 144 valence electrons. The third-order valence-electron chi connectivity index (χ3n) is 5.71. The van der Waals surface area contributed by atoms with E-state index >= 15 is 0 Å². The molecule has 0 saturated carbocycles. The van der Waals surface area contributed by atoms with Crippen molar-refractivity contribution in [3.8, 4) is 0 Å². The highest BCUT2D eigenvalue weighted by atomic mass is 16.5. The number of urea groups is 1. The molecular formula is C18H30N5O3+. The van der Waals surface area contributed by atoms with Gasteiger partial charge in [-0.3, -0.25) is 19.5 Å². The van der Waals surface area contributed by atoms with Gasteiger partial charge in [0.25, 0.3) is 17.8 Å². The van der Waals surface area contributed by atoms with Crippen molar-refractivity contribution in [1.82, 2.24) is 14.7 Å². The molecule has 2 saturated heterocycles. The minimum atomic E-state index is -0.530. The highest BCUT2D eigenvalue weighted by Gasteiger charge is 2.53. The van der Waals surface area contributed by atoms with Gasteiger partial charge in [0.1, 0.15) is 13.1 Å². The van der Waals surface area contributed by atoms with Gasteiger partial charge < -0.3 is 4.74 Å². The van der Waals surface area contributed by atoms with Crippen LogP contribution in [0.25, 0.3) is 0 Å². The smallest absolute Gasteiger partial charge is 0.333 e. The van der Waals surface area contributed by atoms with E-state index in [9.17, 15) is 9.59 Å². The Morgan fingerprint density at radius 2 is 2.00 bits per heavy atom. The summed E-state index contributed by atoms with van der Waals surface area (Å²) >= 11 is 0. The fourth-order valence-electron chi connectivity index (χ4n) is 4.13. The number of ether oxygens (including phenoxy) is 1. The molecule has 0 spiro atoms. The van der Waals surface area contributed by atoms with Crippen LogP contribution in [0.5, 0.6) is 0 Å². The topological polar surface area (TPSA) is 68.5 Å². The number of hydrogen-bond acceptors (Lipinski definition) is 5. The Balaban J connectivity index is 1.91. The van der Waals surface area contributed by atoms with Crippen LogP contribution in [0.15, 0.2) is 4.99 Å². The van der Waals surface area contributed by atoms with Gasteiger partial charge in [-0.25, -0.2) is 9.37 Å². The van der Waals surface area contributed by atoms with Crippen LogP contribution >= 0.6 is 0 Å². The van der Waals surface area contributed by atoms with Crippen LogP contribution in [0, 0.1) is 0 Å². The zero-order valence-electron chi connectivity index (χ0n) is 16.3. The molecule has 3 amide bonds. The van der Waals surface area contributed by atoms with Gasteiger partial charge in [0.15, 0.2) is 0 Å². The number of aliphatic imine (C=N–C) groups is 1. The Kier molecular flexibility index (Phi) is 5.72. The van der Waals surface area contributed by atoms with E-state index in [2.05, 4.69) is 11.8 Å². The van der Waals surface area contributed by atoms with E-state index in [1.54, 1.807) is 14.2 Å². The van der Waals surface area contributed by atoms with Crippen molar-refractivity contribution < 1.29 is 18.9 Å². The summed E-state index contributed by atoms with van der Waals surface area (Å²) in [5, 5.41) is 0. The third kappa shape index (κ3) is 3.27. The van der Waals surface area contributed by atoms with Crippen LogP contribution in [0.3, 0.4) is 0 Å². The van der Waals surface area contributed by atoms with E-state index in [-0.39, 0.29) is 11.9 Å². The number of amidine groups is 2. The Morgan fingerprint density at radius 1 is 1.23 bits per heavy atom. The van der Waals surface area contributed by atoms with Gasteiger partial charge in [-0.15, -0.1) is 0 Å². The van der Waals surface area contributed by atoms with E-state index in [0.717, 1.165) is 18.8 Å². The molecule has 8 nitrogen and oxygen atoms in total. The first-order chi connectivity index (χ1) is 12.5. The molecule has 3 heterocycles. The maximum atomic E-state index is 12.8. The van der Waals surface area contributed by atoms with Gasteiger partial charge in [0.2, 0.25) is 0 Å². The maximum absolute atomic E-state index is 12.8. The second kappa shape index (κ2) is 7.84. The Morgan fingerprint density at radius 3 is 2.69 bits per heavy atom. The lowest BCUT2D eigenvalue weighted by Gasteiger charge is -2.34. The molecule has 2 atom stereocenters. The van der Waals surface area contributed by atoms with Crippen molar-refractivity contribution in [3.05, 3.63) is 0 Å². The lowest BCUT2D eigenvalue weighted by atomic mass is 10.00. The van der Waals surface area contributed by atoms with Gasteiger partial charge in [0, 0.05) is 27.2 Å². The molecule has 3 aliphatic heterocycles. The number of carbonyl (C=O) groups excluding carboxylic acids is 2. The van der Waals surface area contributed by atoms with Gasteiger partial charge in [-0.2, -0.15) is 0 Å². The lowest BCUT2D eigenvalue weighted by Crippen LogP contribution is -2.61. The van der Waals surface area contributed by atoms with E-state index in [1.165, 1.54) is 36.1 Å². The van der Waals surface area contributed by atoms with Gasteiger partial charge in [0.05, 0.1) is 6.61 Å². The molecule has 0 aliphatic carbocycles. The quantitative estimate of drug-likeness (QED) is 0.648. The second-order valence-corrected chi connectivity index (χ2v) is 7.24. The standard InChI is InChI=1S/C18H30N5O3/c1-5-13-8-6-7-9-22(13)12-14-19-16-15(23(14)10-11-26-4)17(24)21(3)18(25)20(16)2/h13,15H,5-12H2,1-4H3/q+1. The molecule has 0 aromatic rings. The minimum absolute atomic E-state index is 0.219. The van der Waals surface area contributed by atoms with Crippen molar-refractivity contribution in [3.63, 3.8) is 0 Å². The van der Waals surface area contributed by atoms with Crippen molar-refractivity contribution in [2.75, 3.05) is 47.4 Å². The van der Waals surface area contributed by atoms with Crippen LogP contribution in [0.4, 0.5) is 4.79 Å². The molecule has 0 N–H and O–H groups in total. The Bertz CT molecular complexity index is 645. The molecule has 0 aromatic carbocycles. The number of methoxy groups -OCH3 is 1. The van der Waals surface area contributed by atoms with Crippen LogP contribution in [0.1, 0.15) is 32.6 Å². The Labute approximate surface area is 155 Å². The number of imide groups is 1. The number of hydrogen-bond donors (Lipinski definition) is 0. The fraction of sp³-hybridized carbons (Fsp3) is 0.778. The predicted octanol–water partition coefficient (Wildman–Crippen LogP) is 0.613. The molecule has 2 fully saturated rings. The van der Waals surface area contributed by atoms with Crippen LogP contribution < -0.4 is 0 Å². The number of fused-ring (bicyclic) bond motifs is 1. The van der Waals surface area contributed by atoms with Crippen molar-refractivity contribution >= 4 is 23.6 Å².